The number of carbonyl (C=O) groups excluding carboxylic acids is 6. The molecule has 0 saturated carbocycles. The Hall–Kier alpha value is -8.19. The fraction of sp³-hybridized carbons (Fsp3) is 0.543. The first kappa shape index (κ1) is 97.9. The van der Waals surface area contributed by atoms with Crippen LogP contribution in [0.4, 0.5) is 8.78 Å². The zero-order valence-corrected chi connectivity index (χ0v) is 73.2. The topological polar surface area (TPSA) is 257 Å². The number of nitrogens with zero attached hydrogens (tertiary/aromatic N) is 12. The van der Waals surface area contributed by atoms with Crippen LogP contribution in [0.2, 0.25) is 5.02 Å². The highest BCUT2D eigenvalue weighted by molar-refractivity contribution is 6.30. The third-order valence-electron chi connectivity index (χ3n) is 23.1. The second-order valence-electron chi connectivity index (χ2n) is 32.7. The van der Waals surface area contributed by atoms with Gasteiger partial charge in [0.25, 0.3) is 23.6 Å². The largest absolute Gasteiger partial charge is 0.395 e. The minimum Gasteiger partial charge on any atom is -0.395 e. The summed E-state index contributed by atoms with van der Waals surface area (Å²) in [7, 11) is 1.60. The van der Waals surface area contributed by atoms with Gasteiger partial charge in [-0.15, -0.1) is 0 Å². The van der Waals surface area contributed by atoms with Gasteiger partial charge in [0.1, 0.15) is 17.7 Å². The summed E-state index contributed by atoms with van der Waals surface area (Å²) in [6.07, 6.45) is -3.83. The number of carbonyl (C=O) groups is 6. The molecule has 6 amide bonds. The fourth-order valence-corrected chi connectivity index (χ4v) is 15.2. The van der Waals surface area contributed by atoms with E-state index in [2.05, 4.69) is 112 Å². The van der Waals surface area contributed by atoms with Gasteiger partial charge in [0.15, 0.2) is 24.4 Å². The Balaban J connectivity index is 0.000000197. The van der Waals surface area contributed by atoms with Crippen molar-refractivity contribution in [3.63, 3.8) is 0 Å². The summed E-state index contributed by atoms with van der Waals surface area (Å²) in [6, 6.07) is 48.6. The number of hydrogen-bond donors (Lipinski definition) is 5. The fourth-order valence-electron chi connectivity index (χ4n) is 15.0. The highest BCUT2D eigenvalue weighted by Crippen LogP contribution is 2.26. The molecule has 6 aromatic carbocycles. The summed E-state index contributed by atoms with van der Waals surface area (Å²) in [5, 5.41) is 40.5. The zero-order chi connectivity index (χ0) is 87.0. The Morgan fingerprint density at radius 3 is 0.815 bits per heavy atom. The van der Waals surface area contributed by atoms with Crippen molar-refractivity contribution in [2.45, 2.75) is 156 Å². The second-order valence-corrected chi connectivity index (χ2v) is 33.1. The van der Waals surface area contributed by atoms with Crippen molar-refractivity contribution in [1.82, 2.24) is 58.8 Å². The quantitative estimate of drug-likeness (QED) is 0.0477. The first-order valence-electron chi connectivity index (χ1n) is 42.3. The molecule has 0 radical (unpaired) electrons. The molecule has 6 aromatic rings. The summed E-state index contributed by atoms with van der Waals surface area (Å²) < 4.78 is 31.1. The molecule has 6 saturated heterocycles. The summed E-state index contributed by atoms with van der Waals surface area (Å²) in [6.45, 7) is 44.8. The SMILES string of the molecule is CC(C)N1CCN(C(=O)C(CO)c2ccccc2)CC1.CC(C)N1CCN(C(=O)C(N)c2ccc(F)cc2)CC1.CC(C)N1CCN(C(=O)C(O)c2ccc(Cl)cc2)CC1.CC(C)N1CCN(C(=O)C(O)c2ccc(F)cc2)CC1.CC(C)N1CCN(C(=O)C(O)c2ccccc2)CC1.COC(C(=O)N1CCN(C(C)C)CC1)c1ccccc1. The van der Waals surface area contributed by atoms with Gasteiger partial charge in [0.2, 0.25) is 11.8 Å². The van der Waals surface area contributed by atoms with Crippen molar-refractivity contribution < 1.29 is 62.7 Å². The van der Waals surface area contributed by atoms with Gasteiger partial charge in [-0.1, -0.05) is 139 Å². The smallest absolute Gasteiger partial charge is 0.256 e. The Morgan fingerprint density at radius 1 is 0.319 bits per heavy atom. The van der Waals surface area contributed by atoms with Gasteiger partial charge in [0.05, 0.1) is 12.5 Å². The van der Waals surface area contributed by atoms with Crippen LogP contribution in [0.15, 0.2) is 164 Å². The lowest BCUT2D eigenvalue weighted by atomic mass is 9.98. The molecule has 0 aromatic heterocycles. The van der Waals surface area contributed by atoms with E-state index in [4.69, 9.17) is 22.1 Å². The van der Waals surface area contributed by atoms with Gasteiger partial charge in [-0.05, 0) is 153 Å². The van der Waals surface area contributed by atoms with Crippen LogP contribution >= 0.6 is 11.6 Å². The van der Waals surface area contributed by atoms with Crippen LogP contribution in [0.5, 0.6) is 0 Å². The summed E-state index contributed by atoms with van der Waals surface area (Å²) in [5.41, 5.74) is 10.1. The van der Waals surface area contributed by atoms with E-state index in [1.165, 1.54) is 36.4 Å². The van der Waals surface area contributed by atoms with Gasteiger partial charge < -0.3 is 60.3 Å². The third kappa shape index (κ3) is 30.1. The molecule has 0 spiro atoms. The summed E-state index contributed by atoms with van der Waals surface area (Å²) >= 11 is 5.81. The van der Waals surface area contributed by atoms with Gasteiger partial charge in [-0.3, -0.25) is 58.2 Å². The average Bonchev–Trinajstić information content (AvgIpc) is 0.860. The van der Waals surface area contributed by atoms with Crippen LogP contribution in [-0.4, -0.2) is 322 Å². The maximum Gasteiger partial charge on any atom is 0.256 e. The molecule has 6 atom stereocenters. The lowest BCUT2D eigenvalue weighted by molar-refractivity contribution is -0.144. The van der Waals surface area contributed by atoms with Crippen molar-refractivity contribution in [3.05, 3.63) is 214 Å². The van der Waals surface area contributed by atoms with Gasteiger partial charge in [0, 0.05) is 205 Å². The standard InChI is InChI=1S/2C16H24N2O2.C15H21ClN2O2.C15H22FN3O.C15H21FN2O2.C15H22N2O2/c1-13(2)17-9-11-18(12-10-17)16(19)15(20-3)14-7-5-4-6-8-14;1-13(2)17-8-10-18(11-9-17)16(20)15(12-19)14-6-4-3-5-7-14;1-11(2)17-7-9-18(10-8-17)15(20)14(19)12-3-5-13(16)6-4-12;1-11(2)18-7-9-19(10-8-18)15(20)14(17)12-3-5-13(16)6-4-12;1-11(2)17-7-9-18(10-8-17)15(20)14(19)12-3-5-13(16)6-4-12;1-12(2)16-8-10-17(11-9-16)15(19)14(18)13-6-4-3-5-7-13/h4-8,13,15H,9-12H2,1-3H3;3-7,13,15,19H,8-12H2,1-2H3;3-6,11,14,19H,7-10H2,1-2H3;3-6,11,14H,7-10,17H2,1-2H3;3-6,11,14,19H,7-10H2,1-2H3;3-7,12,14,18H,8-11H2,1-2H3. The normalized spacial score (nSPS) is 18.4. The molecular formula is C92H134ClF2N13O11. The third-order valence-corrected chi connectivity index (χ3v) is 23.3. The number of hydrogen-bond acceptors (Lipinski definition) is 18. The average molecular weight is 1670 g/mol. The number of aliphatic hydroxyl groups excluding tert-OH is 4. The number of ether oxygens (including phenoxy) is 1. The van der Waals surface area contributed by atoms with E-state index >= 15 is 0 Å². The van der Waals surface area contributed by atoms with Crippen LogP contribution in [0.3, 0.4) is 0 Å². The van der Waals surface area contributed by atoms with Crippen LogP contribution in [0, 0.1) is 11.6 Å². The van der Waals surface area contributed by atoms with E-state index < -0.39 is 36.4 Å². The molecule has 6 aliphatic heterocycles. The Bertz CT molecular complexity index is 3660. The van der Waals surface area contributed by atoms with E-state index in [0.29, 0.717) is 116 Å². The predicted octanol–water partition coefficient (Wildman–Crippen LogP) is 9.23. The van der Waals surface area contributed by atoms with E-state index in [9.17, 15) is 58.0 Å². The number of nitrogens with two attached hydrogens (primary N) is 1. The first-order valence-corrected chi connectivity index (χ1v) is 42.7. The van der Waals surface area contributed by atoms with Crippen molar-refractivity contribution in [2.24, 2.45) is 5.73 Å². The molecule has 0 aliphatic carbocycles. The zero-order valence-electron chi connectivity index (χ0n) is 72.4. The van der Waals surface area contributed by atoms with Crippen LogP contribution < -0.4 is 5.73 Å². The molecule has 6 fully saturated rings. The van der Waals surface area contributed by atoms with Gasteiger partial charge in [-0.25, -0.2) is 8.78 Å². The van der Waals surface area contributed by atoms with Crippen LogP contribution in [0.1, 0.15) is 153 Å². The molecule has 654 valence electrons. The maximum absolute atomic E-state index is 12.9. The van der Waals surface area contributed by atoms with Gasteiger partial charge in [-0.2, -0.15) is 0 Å². The molecule has 24 nitrogen and oxygen atoms in total. The van der Waals surface area contributed by atoms with E-state index in [0.717, 1.165) is 116 Å². The number of rotatable bonds is 20. The number of methoxy groups -OCH3 is 1. The van der Waals surface area contributed by atoms with Crippen LogP contribution in [-0.2, 0) is 33.5 Å². The molecule has 6 unspecified atom stereocenters. The predicted molar refractivity (Wildman–Crippen MR) is 465 cm³/mol. The maximum atomic E-state index is 12.9. The van der Waals surface area contributed by atoms with Crippen molar-refractivity contribution in [1.29, 1.82) is 0 Å². The number of amides is 6. The van der Waals surface area contributed by atoms with Crippen molar-refractivity contribution in [3.8, 4) is 0 Å². The molecule has 6 N–H and O–H groups in total. The monoisotopic (exact) mass is 1670 g/mol. The minimum absolute atomic E-state index is 0.0436. The Labute approximate surface area is 710 Å². The molecular weight excluding hydrogens is 1540 g/mol. The molecule has 119 heavy (non-hydrogen) atoms. The highest BCUT2D eigenvalue weighted by Gasteiger charge is 2.35. The lowest BCUT2D eigenvalue weighted by Crippen LogP contribution is -2.52. The highest BCUT2D eigenvalue weighted by atomic mass is 35.5. The van der Waals surface area contributed by atoms with E-state index in [1.807, 2.05) is 88.7 Å². The van der Waals surface area contributed by atoms with Crippen molar-refractivity contribution >= 4 is 47.0 Å². The molecule has 6 heterocycles. The molecule has 12 rings (SSSR count). The number of piperazine rings is 6. The number of benzene rings is 6. The lowest BCUT2D eigenvalue weighted by Gasteiger charge is -2.38. The first-order chi connectivity index (χ1) is 56.8. The summed E-state index contributed by atoms with van der Waals surface area (Å²) in [5.74, 6) is -1.81. The van der Waals surface area contributed by atoms with Crippen molar-refractivity contribution in [2.75, 3.05) is 171 Å². The van der Waals surface area contributed by atoms with Crippen LogP contribution in [0.25, 0.3) is 0 Å². The molecule has 27 heteroatoms. The molecule has 6 aliphatic rings. The van der Waals surface area contributed by atoms with E-state index in [1.54, 1.807) is 75.2 Å². The minimum atomic E-state index is -1.21. The second kappa shape index (κ2) is 49.7. The molecule has 0 bridgehead atoms. The van der Waals surface area contributed by atoms with E-state index in [-0.39, 0.29) is 53.7 Å². The Kier molecular flexibility index (Phi) is 40.9. The summed E-state index contributed by atoms with van der Waals surface area (Å²) in [4.78, 5) is 99.1. The number of aliphatic hydroxyl groups is 4. The Morgan fingerprint density at radius 2 is 0.546 bits per heavy atom. The number of halogens is 3. The van der Waals surface area contributed by atoms with Gasteiger partial charge >= 0.3 is 0 Å².